The predicted octanol–water partition coefficient (Wildman–Crippen LogP) is 1.59. The molecule has 0 saturated heterocycles. The third kappa shape index (κ3) is 1.53. The van der Waals surface area contributed by atoms with Crippen molar-refractivity contribution in [2.75, 3.05) is 6.26 Å². The van der Waals surface area contributed by atoms with Crippen molar-refractivity contribution in [3.63, 3.8) is 0 Å². The lowest BCUT2D eigenvalue weighted by atomic mass is 10.4. The van der Waals surface area contributed by atoms with E-state index in [1.807, 2.05) is 11.7 Å². The summed E-state index contributed by atoms with van der Waals surface area (Å²) in [6.07, 6.45) is 2.09. The molecule has 10 heavy (non-hydrogen) atoms. The fourth-order valence-electron chi connectivity index (χ4n) is 0.853. The summed E-state index contributed by atoms with van der Waals surface area (Å²) < 4.78 is 1.91. The van der Waals surface area contributed by atoms with E-state index in [9.17, 15) is 0 Å². The number of aromatic nitrogens is 2. The molecule has 1 aromatic heterocycles. The largest absolute Gasteiger partial charge is 0.273 e. The van der Waals surface area contributed by atoms with Crippen molar-refractivity contribution >= 4 is 11.8 Å². The third-order valence-electron chi connectivity index (χ3n) is 1.46. The normalized spacial score (nSPS) is 10.3. The Morgan fingerprint density at radius 3 is 2.80 bits per heavy atom. The molecule has 1 aromatic rings. The average molecular weight is 156 g/mol. The zero-order valence-corrected chi connectivity index (χ0v) is 7.40. The molecule has 0 bridgehead atoms. The Labute approximate surface area is 65.6 Å². The highest BCUT2D eigenvalue weighted by atomic mass is 32.2. The van der Waals surface area contributed by atoms with E-state index in [0.717, 1.165) is 5.75 Å². The first-order chi connectivity index (χ1) is 4.74. The molecule has 0 N–H and O–H groups in total. The van der Waals surface area contributed by atoms with E-state index in [1.54, 1.807) is 11.8 Å². The molecule has 56 valence electrons. The second-order valence-corrected chi connectivity index (χ2v) is 3.20. The number of nitrogens with zero attached hydrogens (tertiary/aromatic N) is 2. The molecule has 2 nitrogen and oxygen atoms in total. The van der Waals surface area contributed by atoms with Crippen molar-refractivity contribution in [2.45, 2.75) is 12.7 Å². The van der Waals surface area contributed by atoms with Gasteiger partial charge in [-0.05, 0) is 19.2 Å². The molecule has 0 amide bonds. The Bertz CT molecular complexity index is 198. The molecule has 1 heterocycles. The molecule has 1 rings (SSSR count). The maximum atomic E-state index is 4.30. The minimum atomic E-state index is 1.02. The molecule has 3 heteroatoms. The van der Waals surface area contributed by atoms with Crippen molar-refractivity contribution in [3.8, 4) is 0 Å². The van der Waals surface area contributed by atoms with E-state index in [4.69, 9.17) is 0 Å². The van der Waals surface area contributed by atoms with Crippen LogP contribution in [0.25, 0.3) is 0 Å². The van der Waals surface area contributed by atoms with Crippen LogP contribution in [0.1, 0.15) is 11.4 Å². The van der Waals surface area contributed by atoms with Crippen LogP contribution in [0, 0.1) is 6.92 Å². The minimum absolute atomic E-state index is 1.02. The highest BCUT2D eigenvalue weighted by Crippen LogP contribution is 2.07. The molecule has 0 aliphatic rings. The fourth-order valence-corrected chi connectivity index (χ4v) is 1.29. The van der Waals surface area contributed by atoms with Gasteiger partial charge in [0.1, 0.15) is 0 Å². The van der Waals surface area contributed by atoms with Crippen LogP contribution in [0.15, 0.2) is 6.07 Å². The topological polar surface area (TPSA) is 17.8 Å². The summed E-state index contributed by atoms with van der Waals surface area (Å²) in [5, 5.41) is 4.30. The van der Waals surface area contributed by atoms with Gasteiger partial charge in [-0.25, -0.2) is 0 Å². The van der Waals surface area contributed by atoms with Crippen LogP contribution < -0.4 is 0 Å². The number of rotatable bonds is 2. The van der Waals surface area contributed by atoms with Crippen molar-refractivity contribution in [2.24, 2.45) is 7.05 Å². The highest BCUT2D eigenvalue weighted by Gasteiger charge is 1.98. The van der Waals surface area contributed by atoms with Crippen LogP contribution >= 0.6 is 11.8 Å². The Balaban J connectivity index is 2.77. The number of thioether (sulfide) groups is 1. The van der Waals surface area contributed by atoms with Gasteiger partial charge in [0.15, 0.2) is 0 Å². The fraction of sp³-hybridized carbons (Fsp3) is 0.571. The number of hydrogen-bond donors (Lipinski definition) is 0. The molecule has 0 saturated carbocycles. The smallest absolute Gasteiger partial charge is 0.0726 e. The second-order valence-electron chi connectivity index (χ2n) is 2.33. The zero-order valence-electron chi connectivity index (χ0n) is 6.59. The van der Waals surface area contributed by atoms with Crippen LogP contribution in [0.3, 0.4) is 0 Å². The van der Waals surface area contributed by atoms with E-state index in [1.165, 1.54) is 11.4 Å². The molecule has 0 aliphatic carbocycles. The predicted molar refractivity (Wildman–Crippen MR) is 45.2 cm³/mol. The SMILES string of the molecule is CSCc1cc(C)n(C)n1. The molecule has 0 unspecified atom stereocenters. The van der Waals surface area contributed by atoms with Gasteiger partial charge in [0.25, 0.3) is 0 Å². The monoisotopic (exact) mass is 156 g/mol. The van der Waals surface area contributed by atoms with Gasteiger partial charge in [-0.1, -0.05) is 0 Å². The summed E-state index contributed by atoms with van der Waals surface area (Å²) in [7, 11) is 1.97. The number of hydrogen-bond acceptors (Lipinski definition) is 2. The van der Waals surface area contributed by atoms with Crippen LogP contribution in [-0.4, -0.2) is 16.0 Å². The quantitative estimate of drug-likeness (QED) is 0.647. The van der Waals surface area contributed by atoms with Gasteiger partial charge in [-0.2, -0.15) is 16.9 Å². The molecule has 0 spiro atoms. The standard InChI is InChI=1S/C7H12N2S/c1-6-4-7(5-10-3)8-9(6)2/h4H,5H2,1-3H3. The summed E-state index contributed by atoms with van der Waals surface area (Å²) in [6, 6.07) is 2.12. The molecule has 0 aliphatic heterocycles. The van der Waals surface area contributed by atoms with Crippen molar-refractivity contribution in [1.29, 1.82) is 0 Å². The average Bonchev–Trinajstić information content (AvgIpc) is 2.14. The molecule has 0 aromatic carbocycles. The minimum Gasteiger partial charge on any atom is -0.273 e. The summed E-state index contributed by atoms with van der Waals surface area (Å²) in [6.45, 7) is 2.07. The van der Waals surface area contributed by atoms with Gasteiger partial charge in [0.05, 0.1) is 5.69 Å². The van der Waals surface area contributed by atoms with Gasteiger partial charge in [0.2, 0.25) is 0 Å². The first-order valence-corrected chi connectivity index (χ1v) is 4.62. The van der Waals surface area contributed by atoms with Gasteiger partial charge in [-0.15, -0.1) is 0 Å². The van der Waals surface area contributed by atoms with Gasteiger partial charge < -0.3 is 0 Å². The molecular formula is C7H12N2S. The van der Waals surface area contributed by atoms with Gasteiger partial charge in [-0.3, -0.25) is 4.68 Å². The lowest BCUT2D eigenvalue weighted by Gasteiger charge is -1.89. The van der Waals surface area contributed by atoms with Crippen LogP contribution in [0.5, 0.6) is 0 Å². The molecule has 0 radical (unpaired) electrons. The molecular weight excluding hydrogens is 144 g/mol. The first-order valence-electron chi connectivity index (χ1n) is 3.22. The van der Waals surface area contributed by atoms with Crippen molar-refractivity contribution in [3.05, 3.63) is 17.5 Å². The van der Waals surface area contributed by atoms with Crippen molar-refractivity contribution in [1.82, 2.24) is 9.78 Å². The van der Waals surface area contributed by atoms with E-state index in [2.05, 4.69) is 24.3 Å². The molecule has 0 atom stereocenters. The van der Waals surface area contributed by atoms with E-state index in [0.29, 0.717) is 0 Å². The van der Waals surface area contributed by atoms with E-state index < -0.39 is 0 Å². The third-order valence-corrected chi connectivity index (χ3v) is 2.04. The first kappa shape index (κ1) is 7.66. The Morgan fingerprint density at radius 1 is 1.70 bits per heavy atom. The summed E-state index contributed by atoms with van der Waals surface area (Å²) in [5.41, 5.74) is 2.40. The van der Waals surface area contributed by atoms with Gasteiger partial charge in [0, 0.05) is 18.5 Å². The lowest BCUT2D eigenvalue weighted by Crippen LogP contribution is -1.92. The number of aryl methyl sites for hydroxylation is 2. The highest BCUT2D eigenvalue weighted by molar-refractivity contribution is 7.97. The maximum Gasteiger partial charge on any atom is 0.0726 e. The Hall–Kier alpha value is -0.440. The van der Waals surface area contributed by atoms with Crippen LogP contribution in [0.4, 0.5) is 0 Å². The zero-order chi connectivity index (χ0) is 7.56. The Morgan fingerprint density at radius 2 is 2.40 bits per heavy atom. The Kier molecular flexibility index (Phi) is 2.38. The maximum absolute atomic E-state index is 4.30. The van der Waals surface area contributed by atoms with Crippen LogP contribution in [0.2, 0.25) is 0 Å². The summed E-state index contributed by atoms with van der Waals surface area (Å²) in [5.74, 6) is 1.02. The lowest BCUT2D eigenvalue weighted by molar-refractivity contribution is 0.730. The van der Waals surface area contributed by atoms with E-state index in [-0.39, 0.29) is 0 Å². The van der Waals surface area contributed by atoms with Crippen molar-refractivity contribution < 1.29 is 0 Å². The van der Waals surface area contributed by atoms with E-state index >= 15 is 0 Å². The summed E-state index contributed by atoms with van der Waals surface area (Å²) >= 11 is 1.80. The second kappa shape index (κ2) is 3.10. The summed E-state index contributed by atoms with van der Waals surface area (Å²) in [4.78, 5) is 0. The van der Waals surface area contributed by atoms with Gasteiger partial charge >= 0.3 is 0 Å². The van der Waals surface area contributed by atoms with Crippen LogP contribution in [-0.2, 0) is 12.8 Å². The molecule has 0 fully saturated rings.